The summed E-state index contributed by atoms with van der Waals surface area (Å²) in [4.78, 5) is 1.82. The van der Waals surface area contributed by atoms with E-state index in [0.29, 0.717) is 0 Å². The molecule has 2 rings (SSSR count). The molecule has 0 atom stereocenters. The minimum absolute atomic E-state index is 0. The third-order valence-corrected chi connectivity index (χ3v) is 1.92. The number of benzene rings is 1. The molecule has 0 amide bonds. The van der Waals surface area contributed by atoms with Crippen LogP contribution in [0.2, 0.25) is 0 Å². The molecule has 0 aliphatic carbocycles. The molecule has 0 aliphatic heterocycles. The summed E-state index contributed by atoms with van der Waals surface area (Å²) in [5.41, 5.74) is 2.20. The second-order valence-electron chi connectivity index (χ2n) is 2.60. The predicted octanol–water partition coefficient (Wildman–Crippen LogP) is -2.60. The summed E-state index contributed by atoms with van der Waals surface area (Å²) in [5, 5.41) is 4.29. The second-order valence-corrected chi connectivity index (χ2v) is 2.60. The van der Waals surface area contributed by atoms with Crippen molar-refractivity contribution in [2.75, 3.05) is 0 Å². The van der Waals surface area contributed by atoms with Crippen LogP contribution in [0.4, 0.5) is 0 Å². The zero-order valence-corrected chi connectivity index (χ0v) is 9.19. The molecule has 1 aromatic heterocycles. The molecule has 3 nitrogen and oxygen atoms in total. The van der Waals surface area contributed by atoms with Crippen LogP contribution in [-0.4, -0.2) is 9.90 Å². The Morgan fingerprint density at radius 2 is 2.00 bits per heavy atom. The van der Waals surface area contributed by atoms with Crippen molar-refractivity contribution in [1.29, 1.82) is 0 Å². The van der Waals surface area contributed by atoms with Gasteiger partial charge in [0.25, 0.3) is 0 Å². The Balaban J connectivity index is 0.000000720. The van der Waals surface area contributed by atoms with Gasteiger partial charge in [0.15, 0.2) is 0 Å². The van der Waals surface area contributed by atoms with Gasteiger partial charge < -0.3 is 24.0 Å². The molecule has 64 valence electrons. The van der Waals surface area contributed by atoms with Crippen molar-refractivity contribution in [3.05, 3.63) is 24.3 Å². The van der Waals surface area contributed by atoms with Gasteiger partial charge in [0.2, 0.25) is 11.0 Å². The van der Waals surface area contributed by atoms with E-state index in [0.717, 1.165) is 11.0 Å². The van der Waals surface area contributed by atoms with Crippen LogP contribution in [0.15, 0.2) is 24.3 Å². The minimum Gasteiger partial charge on any atom is -1.00 e. The molecule has 0 saturated carbocycles. The van der Waals surface area contributed by atoms with Crippen LogP contribution in [0.25, 0.3) is 11.0 Å². The molecule has 0 fully saturated rings. The first-order valence-corrected chi connectivity index (χ1v) is 3.57. The van der Waals surface area contributed by atoms with E-state index >= 15 is 0 Å². The van der Waals surface area contributed by atoms with Crippen molar-refractivity contribution in [2.24, 2.45) is 14.1 Å². The number of aryl methyl sites for hydroxylation is 2. The highest BCUT2D eigenvalue weighted by atomic mass is 127. The van der Waals surface area contributed by atoms with E-state index in [1.165, 1.54) is 0 Å². The van der Waals surface area contributed by atoms with Crippen molar-refractivity contribution in [1.82, 2.24) is 9.90 Å². The topological polar surface area (TPSA) is 21.7 Å². The van der Waals surface area contributed by atoms with E-state index in [1.54, 1.807) is 0 Å². The van der Waals surface area contributed by atoms with Crippen LogP contribution in [0.1, 0.15) is 0 Å². The Morgan fingerprint density at radius 1 is 1.33 bits per heavy atom. The van der Waals surface area contributed by atoms with Crippen LogP contribution in [-0.2, 0) is 14.1 Å². The van der Waals surface area contributed by atoms with E-state index in [9.17, 15) is 0 Å². The van der Waals surface area contributed by atoms with Crippen molar-refractivity contribution < 1.29 is 28.7 Å². The Labute approximate surface area is 88.0 Å². The zero-order chi connectivity index (χ0) is 7.84. The van der Waals surface area contributed by atoms with Crippen molar-refractivity contribution in [3.63, 3.8) is 0 Å². The fourth-order valence-corrected chi connectivity index (χ4v) is 1.20. The summed E-state index contributed by atoms with van der Waals surface area (Å²) in [6.45, 7) is 0. The van der Waals surface area contributed by atoms with Crippen LogP contribution < -0.4 is 28.7 Å². The highest BCUT2D eigenvalue weighted by Gasteiger charge is 2.09. The summed E-state index contributed by atoms with van der Waals surface area (Å²) in [6, 6.07) is 8.08. The van der Waals surface area contributed by atoms with Gasteiger partial charge >= 0.3 is 0 Å². The third kappa shape index (κ3) is 1.31. The average Bonchev–Trinajstić information content (AvgIpc) is 2.30. The van der Waals surface area contributed by atoms with Gasteiger partial charge in [0, 0.05) is 5.10 Å². The van der Waals surface area contributed by atoms with Gasteiger partial charge in [0.05, 0.1) is 7.05 Å². The van der Waals surface area contributed by atoms with Crippen LogP contribution in [0, 0.1) is 0 Å². The molecule has 1 heterocycles. The normalized spacial score (nSPS) is 9.83. The van der Waals surface area contributed by atoms with Crippen LogP contribution >= 0.6 is 0 Å². The molecule has 12 heavy (non-hydrogen) atoms. The Kier molecular flexibility index (Phi) is 2.66. The van der Waals surface area contributed by atoms with Gasteiger partial charge in [-0.2, -0.15) is 4.68 Å². The average molecular weight is 275 g/mol. The molecule has 0 N–H and O–H groups in total. The Hall–Kier alpha value is -0.650. The lowest BCUT2D eigenvalue weighted by molar-refractivity contribution is -0.733. The Morgan fingerprint density at radius 3 is 2.67 bits per heavy atom. The largest absolute Gasteiger partial charge is 1.00 e. The minimum atomic E-state index is 0. The van der Waals surface area contributed by atoms with Crippen molar-refractivity contribution >= 4 is 11.0 Å². The number of aromatic nitrogens is 3. The molecule has 0 bridgehead atoms. The molecule has 2 aromatic rings. The molecule has 1 aromatic carbocycles. The fourth-order valence-electron chi connectivity index (χ4n) is 1.20. The summed E-state index contributed by atoms with van der Waals surface area (Å²) in [5.74, 6) is 0. The third-order valence-electron chi connectivity index (χ3n) is 1.92. The molecule has 0 aliphatic rings. The monoisotopic (exact) mass is 275 g/mol. The number of rotatable bonds is 0. The SMILES string of the molecule is Cn1nc2ccccc2[n+]1C.[I-]. The number of para-hydroxylation sites is 1. The first-order chi connectivity index (χ1) is 5.29. The smallest absolute Gasteiger partial charge is 0.249 e. The van der Waals surface area contributed by atoms with Crippen molar-refractivity contribution in [2.45, 2.75) is 0 Å². The van der Waals surface area contributed by atoms with Gasteiger partial charge in [-0.15, -0.1) is 0 Å². The molecule has 0 spiro atoms. The second kappa shape index (κ2) is 3.38. The highest BCUT2D eigenvalue weighted by Crippen LogP contribution is 2.03. The maximum atomic E-state index is 4.29. The van der Waals surface area contributed by atoms with Gasteiger partial charge in [0.1, 0.15) is 7.05 Å². The molecular formula is C8H10IN3. The van der Waals surface area contributed by atoms with Gasteiger partial charge in [-0.05, 0) is 16.9 Å². The van der Waals surface area contributed by atoms with Crippen LogP contribution in [0.5, 0.6) is 0 Å². The number of fused-ring (bicyclic) bond motifs is 1. The maximum Gasteiger partial charge on any atom is 0.249 e. The van der Waals surface area contributed by atoms with E-state index in [2.05, 4.69) is 11.2 Å². The van der Waals surface area contributed by atoms with Gasteiger partial charge in [-0.1, -0.05) is 12.1 Å². The fraction of sp³-hybridized carbons (Fsp3) is 0.250. The van der Waals surface area contributed by atoms with E-state index in [4.69, 9.17) is 0 Å². The van der Waals surface area contributed by atoms with Crippen molar-refractivity contribution in [3.8, 4) is 0 Å². The standard InChI is InChI=1S/C8H10N3.HI/c1-10-8-6-4-3-5-7(8)9-11(10)2;/h3-6H,1-2H3;1H/q+1;/p-1. The zero-order valence-electron chi connectivity index (χ0n) is 7.03. The lowest BCUT2D eigenvalue weighted by atomic mass is 10.3. The molecule has 0 saturated heterocycles. The van der Waals surface area contributed by atoms with Gasteiger partial charge in [-0.3, -0.25) is 0 Å². The molecular weight excluding hydrogens is 265 g/mol. The van der Waals surface area contributed by atoms with Gasteiger partial charge in [-0.25, -0.2) is 0 Å². The molecule has 4 heteroatoms. The Bertz CT molecular complexity index is 394. The highest BCUT2D eigenvalue weighted by molar-refractivity contribution is 5.69. The molecule has 0 radical (unpaired) electrons. The lowest BCUT2D eigenvalue weighted by Crippen LogP contribution is -3.00. The number of halogens is 1. The number of hydrogen-bond donors (Lipinski definition) is 0. The summed E-state index contributed by atoms with van der Waals surface area (Å²) in [6.07, 6.45) is 0. The maximum absolute atomic E-state index is 4.29. The quantitative estimate of drug-likeness (QED) is 0.382. The van der Waals surface area contributed by atoms with Crippen LogP contribution in [0.3, 0.4) is 0 Å². The number of hydrogen-bond acceptors (Lipinski definition) is 1. The van der Waals surface area contributed by atoms with E-state index in [-0.39, 0.29) is 24.0 Å². The first kappa shape index (κ1) is 9.44. The van der Waals surface area contributed by atoms with E-state index < -0.39 is 0 Å². The molecule has 0 unspecified atom stereocenters. The number of nitrogens with zero attached hydrogens (tertiary/aromatic N) is 3. The summed E-state index contributed by atoms with van der Waals surface area (Å²) >= 11 is 0. The summed E-state index contributed by atoms with van der Waals surface area (Å²) < 4.78 is 2.01. The van der Waals surface area contributed by atoms with E-state index in [1.807, 2.05) is 41.8 Å². The predicted molar refractivity (Wildman–Crippen MR) is 41.9 cm³/mol. The summed E-state index contributed by atoms with van der Waals surface area (Å²) in [7, 11) is 3.93. The first-order valence-electron chi connectivity index (χ1n) is 3.57. The lowest BCUT2D eigenvalue weighted by Gasteiger charge is -1.85.